The van der Waals surface area contributed by atoms with Crippen LogP contribution in [-0.2, 0) is 0 Å². The summed E-state index contributed by atoms with van der Waals surface area (Å²) in [7, 11) is 0. The van der Waals surface area contributed by atoms with Crippen molar-refractivity contribution in [2.75, 3.05) is 18.4 Å². The molecule has 0 radical (unpaired) electrons. The SMILES string of the molecule is CC[C@@H]1CCCN(C(=O)c2sccc2NC(=O)c2ccncc2)C1. The van der Waals surface area contributed by atoms with Crippen molar-refractivity contribution in [3.05, 3.63) is 46.4 Å². The van der Waals surface area contributed by atoms with Gasteiger partial charge in [-0.25, -0.2) is 0 Å². The second-order valence-corrected chi connectivity index (χ2v) is 6.94. The molecule has 0 spiro atoms. The molecule has 0 bridgehead atoms. The van der Waals surface area contributed by atoms with Crippen LogP contribution >= 0.6 is 11.3 Å². The Balaban J connectivity index is 1.73. The maximum Gasteiger partial charge on any atom is 0.266 e. The average molecular weight is 343 g/mol. The van der Waals surface area contributed by atoms with Gasteiger partial charge in [-0.3, -0.25) is 14.6 Å². The highest BCUT2D eigenvalue weighted by atomic mass is 32.1. The van der Waals surface area contributed by atoms with Crippen LogP contribution in [0.2, 0.25) is 0 Å². The normalized spacial score (nSPS) is 17.5. The van der Waals surface area contributed by atoms with Gasteiger partial charge in [-0.15, -0.1) is 11.3 Å². The molecule has 2 aromatic heterocycles. The van der Waals surface area contributed by atoms with E-state index in [1.807, 2.05) is 10.3 Å². The summed E-state index contributed by atoms with van der Waals surface area (Å²) in [6, 6.07) is 5.09. The van der Waals surface area contributed by atoms with Crippen LogP contribution in [0.5, 0.6) is 0 Å². The molecule has 0 aromatic carbocycles. The lowest BCUT2D eigenvalue weighted by Gasteiger charge is -2.32. The number of hydrogen-bond acceptors (Lipinski definition) is 4. The molecule has 0 aliphatic carbocycles. The second kappa shape index (κ2) is 7.57. The van der Waals surface area contributed by atoms with Crippen molar-refractivity contribution >= 4 is 28.8 Å². The Kier molecular flexibility index (Phi) is 5.25. The molecule has 126 valence electrons. The zero-order chi connectivity index (χ0) is 16.9. The van der Waals surface area contributed by atoms with Crippen molar-refractivity contribution < 1.29 is 9.59 Å². The number of hydrogen-bond donors (Lipinski definition) is 1. The quantitative estimate of drug-likeness (QED) is 0.921. The number of nitrogens with one attached hydrogen (secondary N) is 1. The third-order valence-corrected chi connectivity index (χ3v) is 5.34. The molecule has 1 atom stereocenters. The van der Waals surface area contributed by atoms with Gasteiger partial charge in [0.25, 0.3) is 11.8 Å². The molecular weight excluding hydrogens is 322 g/mol. The first-order valence-electron chi connectivity index (χ1n) is 8.27. The van der Waals surface area contributed by atoms with E-state index in [-0.39, 0.29) is 11.8 Å². The Bertz CT molecular complexity index is 714. The lowest BCUT2D eigenvalue weighted by Crippen LogP contribution is -2.39. The monoisotopic (exact) mass is 343 g/mol. The summed E-state index contributed by atoms with van der Waals surface area (Å²) in [5, 5.41) is 4.69. The third-order valence-electron chi connectivity index (χ3n) is 4.43. The summed E-state index contributed by atoms with van der Waals surface area (Å²) >= 11 is 1.38. The zero-order valence-corrected chi connectivity index (χ0v) is 14.5. The van der Waals surface area contributed by atoms with Crippen molar-refractivity contribution in [1.82, 2.24) is 9.88 Å². The molecule has 3 heterocycles. The predicted octanol–water partition coefficient (Wildman–Crippen LogP) is 3.66. The molecular formula is C18H21N3O2S. The van der Waals surface area contributed by atoms with E-state index in [1.165, 1.54) is 17.8 Å². The number of nitrogens with zero attached hydrogens (tertiary/aromatic N) is 2. The van der Waals surface area contributed by atoms with Gasteiger partial charge < -0.3 is 10.2 Å². The van der Waals surface area contributed by atoms with E-state index in [2.05, 4.69) is 17.2 Å². The van der Waals surface area contributed by atoms with Crippen LogP contribution in [0.4, 0.5) is 5.69 Å². The second-order valence-electron chi connectivity index (χ2n) is 6.02. The standard InChI is InChI=1S/C18H21N3O2S/c1-2-13-4-3-10-21(12-13)18(23)16-15(7-11-24-16)20-17(22)14-5-8-19-9-6-14/h5-9,11,13H,2-4,10,12H2,1H3,(H,20,22)/t13-/m1/s1. The summed E-state index contributed by atoms with van der Waals surface area (Å²) in [5.41, 5.74) is 1.11. The summed E-state index contributed by atoms with van der Waals surface area (Å²) in [6.45, 7) is 3.78. The molecule has 24 heavy (non-hydrogen) atoms. The van der Waals surface area contributed by atoms with E-state index in [9.17, 15) is 9.59 Å². The van der Waals surface area contributed by atoms with Gasteiger partial charge in [-0.1, -0.05) is 13.3 Å². The van der Waals surface area contributed by atoms with Crippen LogP contribution < -0.4 is 5.32 Å². The minimum atomic E-state index is -0.227. The third kappa shape index (κ3) is 3.64. The van der Waals surface area contributed by atoms with Gasteiger partial charge in [0.2, 0.25) is 0 Å². The Labute approximate surface area is 145 Å². The molecule has 1 saturated heterocycles. The predicted molar refractivity (Wildman–Crippen MR) is 95.4 cm³/mol. The Morgan fingerprint density at radius 2 is 2.12 bits per heavy atom. The van der Waals surface area contributed by atoms with E-state index < -0.39 is 0 Å². The van der Waals surface area contributed by atoms with Crippen molar-refractivity contribution in [1.29, 1.82) is 0 Å². The molecule has 3 rings (SSSR count). The maximum absolute atomic E-state index is 12.8. The van der Waals surface area contributed by atoms with Crippen molar-refractivity contribution in [2.24, 2.45) is 5.92 Å². The van der Waals surface area contributed by atoms with Crippen LogP contribution in [0, 0.1) is 5.92 Å². The summed E-state index contributed by atoms with van der Waals surface area (Å²) in [5.74, 6) is 0.376. The highest BCUT2D eigenvalue weighted by molar-refractivity contribution is 7.12. The fraction of sp³-hybridized carbons (Fsp3) is 0.389. The highest BCUT2D eigenvalue weighted by Gasteiger charge is 2.26. The number of pyridine rings is 1. The molecule has 1 aliphatic rings. The first-order chi connectivity index (χ1) is 11.7. The maximum atomic E-state index is 12.8. The van der Waals surface area contributed by atoms with Gasteiger partial charge in [0.15, 0.2) is 0 Å². The lowest BCUT2D eigenvalue weighted by molar-refractivity contribution is 0.0677. The summed E-state index contributed by atoms with van der Waals surface area (Å²) in [4.78, 5) is 31.6. The van der Waals surface area contributed by atoms with Gasteiger partial charge in [-0.2, -0.15) is 0 Å². The highest BCUT2D eigenvalue weighted by Crippen LogP contribution is 2.27. The summed E-state index contributed by atoms with van der Waals surface area (Å²) in [6.07, 6.45) is 6.49. The zero-order valence-electron chi connectivity index (χ0n) is 13.7. The van der Waals surface area contributed by atoms with Crippen LogP contribution in [0.15, 0.2) is 36.0 Å². The van der Waals surface area contributed by atoms with Gasteiger partial charge >= 0.3 is 0 Å². The molecule has 0 saturated carbocycles. The first-order valence-corrected chi connectivity index (χ1v) is 9.15. The minimum Gasteiger partial charge on any atom is -0.338 e. The van der Waals surface area contributed by atoms with Gasteiger partial charge in [-0.05, 0) is 42.3 Å². The minimum absolute atomic E-state index is 0.0215. The molecule has 1 N–H and O–H groups in total. The smallest absolute Gasteiger partial charge is 0.266 e. The number of likely N-dealkylation sites (tertiary alicyclic amines) is 1. The van der Waals surface area contributed by atoms with Gasteiger partial charge in [0.05, 0.1) is 5.69 Å². The Morgan fingerprint density at radius 1 is 1.33 bits per heavy atom. The number of amides is 2. The topological polar surface area (TPSA) is 62.3 Å². The van der Waals surface area contributed by atoms with Crippen LogP contribution in [0.3, 0.4) is 0 Å². The number of carbonyl (C=O) groups excluding carboxylic acids is 2. The first kappa shape index (κ1) is 16.6. The number of piperidine rings is 1. The molecule has 1 aliphatic heterocycles. The van der Waals surface area contributed by atoms with E-state index in [0.29, 0.717) is 22.0 Å². The largest absolute Gasteiger partial charge is 0.338 e. The van der Waals surface area contributed by atoms with Crippen molar-refractivity contribution in [2.45, 2.75) is 26.2 Å². The van der Waals surface area contributed by atoms with Crippen molar-refractivity contribution in [3.8, 4) is 0 Å². The van der Waals surface area contributed by atoms with Gasteiger partial charge in [0.1, 0.15) is 4.88 Å². The van der Waals surface area contributed by atoms with Crippen LogP contribution in [-0.4, -0.2) is 34.8 Å². The number of carbonyl (C=O) groups is 2. The van der Waals surface area contributed by atoms with Gasteiger partial charge in [0, 0.05) is 31.0 Å². The molecule has 1 fully saturated rings. The number of aromatic nitrogens is 1. The molecule has 2 amide bonds. The Morgan fingerprint density at radius 3 is 2.88 bits per heavy atom. The van der Waals surface area contributed by atoms with Crippen molar-refractivity contribution in [3.63, 3.8) is 0 Å². The average Bonchev–Trinajstić information content (AvgIpc) is 3.10. The van der Waals surface area contributed by atoms with E-state index in [4.69, 9.17) is 0 Å². The van der Waals surface area contributed by atoms with Crippen LogP contribution in [0.25, 0.3) is 0 Å². The molecule has 6 heteroatoms. The molecule has 2 aromatic rings. The Hall–Kier alpha value is -2.21. The van der Waals surface area contributed by atoms with Crippen LogP contribution in [0.1, 0.15) is 46.2 Å². The van der Waals surface area contributed by atoms with E-state index in [0.717, 1.165) is 25.9 Å². The van der Waals surface area contributed by atoms with E-state index in [1.54, 1.807) is 30.6 Å². The fourth-order valence-corrected chi connectivity index (χ4v) is 3.81. The number of thiophene rings is 1. The molecule has 0 unspecified atom stereocenters. The number of anilines is 1. The molecule has 5 nitrogen and oxygen atoms in total. The number of rotatable bonds is 4. The summed E-state index contributed by atoms with van der Waals surface area (Å²) < 4.78 is 0. The fourth-order valence-electron chi connectivity index (χ4n) is 3.00. The van der Waals surface area contributed by atoms with E-state index >= 15 is 0 Å². The lowest BCUT2D eigenvalue weighted by atomic mass is 9.95.